The van der Waals surface area contributed by atoms with Crippen LogP contribution < -0.4 is 0 Å². The Balaban J connectivity index is 2.69. The van der Waals surface area contributed by atoms with Gasteiger partial charge in [0.05, 0.1) is 0 Å². The fourth-order valence-corrected chi connectivity index (χ4v) is 1.55. The van der Waals surface area contributed by atoms with Crippen LogP contribution >= 0.6 is 0 Å². The fourth-order valence-electron chi connectivity index (χ4n) is 1.55. The van der Waals surface area contributed by atoms with Gasteiger partial charge in [0, 0.05) is 20.0 Å². The molecule has 1 aromatic carbocycles. The van der Waals surface area contributed by atoms with Crippen LogP contribution in [0.4, 0.5) is 0 Å². The van der Waals surface area contributed by atoms with Crippen LogP contribution in [-0.4, -0.2) is 23.9 Å². The summed E-state index contributed by atoms with van der Waals surface area (Å²) in [4.78, 5) is 13.1. The smallest absolute Gasteiger partial charge is 0.220 e. The second kappa shape index (κ2) is 6.69. The lowest BCUT2D eigenvalue weighted by atomic mass is 10.1. The van der Waals surface area contributed by atoms with Gasteiger partial charge in [-0.25, -0.2) is 0 Å². The van der Waals surface area contributed by atoms with E-state index in [1.807, 2.05) is 18.2 Å². The molecule has 2 nitrogen and oxygen atoms in total. The topological polar surface area (TPSA) is 20.3 Å². The van der Waals surface area contributed by atoms with Gasteiger partial charge in [0.15, 0.2) is 0 Å². The van der Waals surface area contributed by atoms with Crippen LogP contribution in [0.25, 0.3) is 5.57 Å². The number of carbonyl (C=O) groups excluding carboxylic acids is 1. The Morgan fingerprint density at radius 2 is 1.88 bits per heavy atom. The van der Waals surface area contributed by atoms with Gasteiger partial charge in [0.1, 0.15) is 0 Å². The van der Waals surface area contributed by atoms with Crippen LogP contribution in [0.1, 0.15) is 19.4 Å². The molecule has 1 amide bonds. The van der Waals surface area contributed by atoms with Gasteiger partial charge < -0.3 is 4.90 Å². The second-order valence-corrected chi connectivity index (χ2v) is 3.97. The fraction of sp³-hybridized carbons (Fsp3) is 0.267. The quantitative estimate of drug-likeness (QED) is 0.710. The van der Waals surface area contributed by atoms with Crippen molar-refractivity contribution in [3.63, 3.8) is 0 Å². The molecule has 0 aliphatic heterocycles. The number of benzene rings is 1. The summed E-state index contributed by atoms with van der Waals surface area (Å²) in [6.45, 7) is 8.51. The van der Waals surface area contributed by atoms with E-state index in [1.165, 1.54) is 11.1 Å². The lowest BCUT2D eigenvalue weighted by Crippen LogP contribution is -2.28. The van der Waals surface area contributed by atoms with Crippen molar-refractivity contribution in [3.8, 4) is 0 Å². The highest BCUT2D eigenvalue weighted by atomic mass is 16.2. The van der Waals surface area contributed by atoms with Crippen LogP contribution in [0.2, 0.25) is 0 Å². The summed E-state index contributed by atoms with van der Waals surface area (Å²) in [7, 11) is 0. The minimum absolute atomic E-state index is 0.0713. The van der Waals surface area contributed by atoms with Gasteiger partial charge in [0.25, 0.3) is 0 Å². The molecule has 0 heterocycles. The Hall–Kier alpha value is -1.83. The summed E-state index contributed by atoms with van der Waals surface area (Å²) in [5, 5.41) is 0. The van der Waals surface area contributed by atoms with Crippen LogP contribution in [0.15, 0.2) is 49.1 Å². The number of nitrogens with zero attached hydrogens (tertiary/aromatic N) is 1. The number of allylic oxidation sites excluding steroid dienone is 1. The number of hydrogen-bond donors (Lipinski definition) is 0. The lowest BCUT2D eigenvalue weighted by molar-refractivity contribution is -0.127. The molecule has 1 rings (SSSR count). The minimum atomic E-state index is 0.0713. The molecule has 0 fully saturated rings. The minimum Gasteiger partial charge on any atom is -0.335 e. The highest BCUT2D eigenvalue weighted by Crippen LogP contribution is 2.12. The monoisotopic (exact) mass is 229 g/mol. The molecule has 0 aromatic heterocycles. The first kappa shape index (κ1) is 13.2. The molecule has 0 radical (unpaired) electrons. The Labute approximate surface area is 103 Å². The van der Waals surface area contributed by atoms with E-state index in [4.69, 9.17) is 0 Å². The van der Waals surface area contributed by atoms with Gasteiger partial charge in [-0.3, -0.25) is 4.79 Å². The largest absolute Gasteiger partial charge is 0.335 e. The molecule has 1 aromatic rings. The summed E-state index contributed by atoms with van der Waals surface area (Å²) in [6.07, 6.45) is 3.81. The molecule has 17 heavy (non-hydrogen) atoms. The van der Waals surface area contributed by atoms with Crippen LogP contribution in [0, 0.1) is 0 Å². The molecule has 90 valence electrons. The molecule has 0 spiro atoms. The van der Waals surface area contributed by atoms with Crippen molar-refractivity contribution in [2.45, 2.75) is 13.8 Å². The predicted octanol–water partition coefficient (Wildman–Crippen LogP) is 3.12. The van der Waals surface area contributed by atoms with Gasteiger partial charge in [-0.1, -0.05) is 42.5 Å². The molecule has 0 bridgehead atoms. The molecular weight excluding hydrogens is 210 g/mol. The zero-order chi connectivity index (χ0) is 12.7. The van der Waals surface area contributed by atoms with E-state index >= 15 is 0 Å². The summed E-state index contributed by atoms with van der Waals surface area (Å²) in [6, 6.07) is 10.2. The third-order valence-electron chi connectivity index (χ3n) is 2.64. The van der Waals surface area contributed by atoms with E-state index < -0.39 is 0 Å². The zero-order valence-electron chi connectivity index (χ0n) is 10.5. The first-order valence-electron chi connectivity index (χ1n) is 5.73. The van der Waals surface area contributed by atoms with Crippen molar-refractivity contribution in [2.75, 3.05) is 13.1 Å². The van der Waals surface area contributed by atoms with Crippen molar-refractivity contribution >= 4 is 11.5 Å². The van der Waals surface area contributed by atoms with Gasteiger partial charge in [0.2, 0.25) is 5.91 Å². The highest BCUT2D eigenvalue weighted by Gasteiger charge is 2.04. The molecular formula is C15H19NO. The maximum absolute atomic E-state index is 11.3. The van der Waals surface area contributed by atoms with Crippen molar-refractivity contribution in [1.82, 2.24) is 4.90 Å². The van der Waals surface area contributed by atoms with Crippen molar-refractivity contribution in [1.29, 1.82) is 0 Å². The SMILES string of the molecule is C=CCN(CC=C(C)c1ccccc1)C(C)=O. The van der Waals surface area contributed by atoms with Gasteiger partial charge in [-0.05, 0) is 18.1 Å². The van der Waals surface area contributed by atoms with Crippen molar-refractivity contribution in [2.24, 2.45) is 0 Å². The average Bonchev–Trinajstić information content (AvgIpc) is 2.34. The Morgan fingerprint density at radius 1 is 1.24 bits per heavy atom. The van der Waals surface area contributed by atoms with Crippen molar-refractivity contribution < 1.29 is 4.79 Å². The number of rotatable bonds is 5. The highest BCUT2D eigenvalue weighted by molar-refractivity contribution is 5.74. The molecule has 0 aliphatic carbocycles. The standard InChI is InChI=1S/C15H19NO/c1-4-11-16(14(3)17)12-10-13(2)15-8-6-5-7-9-15/h4-10H,1,11-12H2,2-3H3. The van der Waals surface area contributed by atoms with Crippen LogP contribution in [0.5, 0.6) is 0 Å². The Bertz CT molecular complexity index is 406. The van der Waals surface area contributed by atoms with E-state index in [9.17, 15) is 4.79 Å². The summed E-state index contributed by atoms with van der Waals surface area (Å²) in [5.41, 5.74) is 2.37. The van der Waals surface area contributed by atoms with Gasteiger partial charge in [-0.15, -0.1) is 6.58 Å². The Kier molecular flexibility index (Phi) is 5.21. The Morgan fingerprint density at radius 3 is 2.41 bits per heavy atom. The molecule has 0 unspecified atom stereocenters. The van der Waals surface area contributed by atoms with Gasteiger partial charge in [-0.2, -0.15) is 0 Å². The van der Waals surface area contributed by atoms with Crippen molar-refractivity contribution in [3.05, 3.63) is 54.6 Å². The number of carbonyl (C=O) groups is 1. The number of amides is 1. The van der Waals surface area contributed by atoms with E-state index in [0.29, 0.717) is 13.1 Å². The third-order valence-corrected chi connectivity index (χ3v) is 2.64. The van der Waals surface area contributed by atoms with Gasteiger partial charge >= 0.3 is 0 Å². The molecule has 0 aliphatic rings. The molecule has 0 saturated carbocycles. The normalized spacial score (nSPS) is 11.1. The lowest BCUT2D eigenvalue weighted by Gasteiger charge is -2.17. The predicted molar refractivity (Wildman–Crippen MR) is 72.5 cm³/mol. The van der Waals surface area contributed by atoms with E-state index in [2.05, 4.69) is 31.7 Å². The van der Waals surface area contributed by atoms with E-state index in [1.54, 1.807) is 17.9 Å². The molecule has 0 saturated heterocycles. The summed E-state index contributed by atoms with van der Waals surface area (Å²) in [5.74, 6) is 0.0713. The molecule has 0 N–H and O–H groups in total. The van der Waals surface area contributed by atoms with E-state index in [0.717, 1.165) is 0 Å². The molecule has 2 heteroatoms. The zero-order valence-corrected chi connectivity index (χ0v) is 10.5. The summed E-state index contributed by atoms with van der Waals surface area (Å²) < 4.78 is 0. The molecule has 0 atom stereocenters. The number of hydrogen-bond acceptors (Lipinski definition) is 1. The first-order chi connectivity index (χ1) is 8.15. The maximum atomic E-state index is 11.3. The average molecular weight is 229 g/mol. The first-order valence-corrected chi connectivity index (χ1v) is 5.73. The maximum Gasteiger partial charge on any atom is 0.220 e. The van der Waals surface area contributed by atoms with Crippen LogP contribution in [-0.2, 0) is 4.79 Å². The third kappa shape index (κ3) is 4.27. The van der Waals surface area contributed by atoms with E-state index in [-0.39, 0.29) is 5.91 Å². The van der Waals surface area contributed by atoms with Crippen LogP contribution in [0.3, 0.4) is 0 Å². The second-order valence-electron chi connectivity index (χ2n) is 3.97. The summed E-state index contributed by atoms with van der Waals surface area (Å²) >= 11 is 0.